The first kappa shape index (κ1) is 31.0. The van der Waals surface area contributed by atoms with E-state index in [1.54, 1.807) is 0 Å². The Hall–Kier alpha value is -1.98. The minimum atomic E-state index is -3.80. The Morgan fingerprint density at radius 1 is 0.700 bits per heavy atom. The van der Waals surface area contributed by atoms with E-state index in [2.05, 4.69) is 28.2 Å². The van der Waals surface area contributed by atoms with Crippen LogP contribution in [0.25, 0.3) is 0 Å². The molecular weight excluding hydrogens is 589 g/mol. The largest absolute Gasteiger partial charge is 0.300 e. The second-order valence-corrected chi connectivity index (χ2v) is 14.5. The van der Waals surface area contributed by atoms with E-state index in [0.717, 1.165) is 49.9 Å². The summed E-state index contributed by atoms with van der Waals surface area (Å²) in [6.45, 7) is 6.45. The maximum absolute atomic E-state index is 13.0. The number of rotatable bonds is 13. The van der Waals surface area contributed by atoms with Crippen molar-refractivity contribution < 1.29 is 16.8 Å². The monoisotopic (exact) mass is 623 g/mol. The van der Waals surface area contributed by atoms with Crippen molar-refractivity contribution in [2.24, 2.45) is 0 Å². The highest BCUT2D eigenvalue weighted by Crippen LogP contribution is 2.30. The molecule has 0 radical (unpaired) electrons. The maximum Gasteiger partial charge on any atom is 0.240 e. The zero-order chi connectivity index (χ0) is 28.9. The summed E-state index contributed by atoms with van der Waals surface area (Å²) in [6, 6.07) is 16.4. The molecule has 40 heavy (non-hydrogen) atoms. The van der Waals surface area contributed by atoms with Crippen LogP contribution in [0.5, 0.6) is 0 Å². The fourth-order valence-corrected chi connectivity index (χ4v) is 7.39. The summed E-state index contributed by atoms with van der Waals surface area (Å²) in [5, 5.41) is 0.894. The smallest absolute Gasteiger partial charge is 0.240 e. The molecular formula is C29H35Cl2N3O4S2. The molecule has 0 aliphatic heterocycles. The molecule has 3 aromatic carbocycles. The first-order valence-electron chi connectivity index (χ1n) is 13.4. The summed E-state index contributed by atoms with van der Waals surface area (Å²) in [4.78, 5) is 2.74. The van der Waals surface area contributed by atoms with Crippen LogP contribution in [0.4, 0.5) is 0 Å². The highest BCUT2D eigenvalue weighted by atomic mass is 35.5. The van der Waals surface area contributed by atoms with Crippen molar-refractivity contribution in [3.05, 3.63) is 93.0 Å². The van der Waals surface area contributed by atoms with Gasteiger partial charge in [0.1, 0.15) is 0 Å². The van der Waals surface area contributed by atoms with Crippen LogP contribution < -0.4 is 9.44 Å². The number of halogens is 2. The molecule has 216 valence electrons. The average molecular weight is 625 g/mol. The van der Waals surface area contributed by atoms with Crippen LogP contribution in [-0.4, -0.2) is 40.9 Å². The normalized spacial score (nSPS) is 14.1. The van der Waals surface area contributed by atoms with Gasteiger partial charge in [0, 0.05) is 29.2 Å². The fourth-order valence-electron chi connectivity index (χ4n) is 5.13. The van der Waals surface area contributed by atoms with E-state index in [0.29, 0.717) is 16.1 Å². The highest BCUT2D eigenvalue weighted by molar-refractivity contribution is 7.89. The highest BCUT2D eigenvalue weighted by Gasteiger charge is 2.28. The second-order valence-electron chi connectivity index (χ2n) is 10.0. The van der Waals surface area contributed by atoms with Crippen molar-refractivity contribution in [1.29, 1.82) is 0 Å². The summed E-state index contributed by atoms with van der Waals surface area (Å²) in [6.07, 6.45) is 3.90. The quantitative estimate of drug-likeness (QED) is 0.261. The molecule has 0 amide bonds. The van der Waals surface area contributed by atoms with Crippen LogP contribution in [0.15, 0.2) is 70.5 Å². The maximum atomic E-state index is 13.0. The Balaban J connectivity index is 1.61. The predicted octanol–water partition coefficient (Wildman–Crippen LogP) is 5.54. The van der Waals surface area contributed by atoms with E-state index in [1.807, 2.05) is 12.1 Å². The number of nitrogens with zero attached hydrogens (tertiary/aromatic N) is 1. The van der Waals surface area contributed by atoms with E-state index in [9.17, 15) is 16.8 Å². The van der Waals surface area contributed by atoms with Gasteiger partial charge in [-0.05, 0) is 110 Å². The van der Waals surface area contributed by atoms with E-state index in [-0.39, 0.29) is 22.9 Å². The van der Waals surface area contributed by atoms with Crippen LogP contribution in [-0.2, 0) is 46.0 Å². The van der Waals surface area contributed by atoms with Gasteiger partial charge < -0.3 is 0 Å². The molecule has 11 heteroatoms. The van der Waals surface area contributed by atoms with Gasteiger partial charge in [0.2, 0.25) is 20.0 Å². The molecule has 0 heterocycles. The molecule has 0 aromatic heterocycles. The van der Waals surface area contributed by atoms with Gasteiger partial charge in [-0.15, -0.1) is 0 Å². The predicted molar refractivity (Wildman–Crippen MR) is 161 cm³/mol. The first-order chi connectivity index (χ1) is 19.0. The molecule has 1 aliphatic carbocycles. The minimum absolute atomic E-state index is 0.0224. The Labute approximate surface area is 248 Å². The third-order valence-corrected chi connectivity index (χ3v) is 10.5. The van der Waals surface area contributed by atoms with E-state index in [1.165, 1.54) is 59.7 Å². The van der Waals surface area contributed by atoms with Crippen LogP contribution in [0.3, 0.4) is 0 Å². The van der Waals surface area contributed by atoms with Crippen molar-refractivity contribution in [1.82, 2.24) is 14.3 Å². The molecule has 0 saturated heterocycles. The zero-order valence-corrected chi connectivity index (χ0v) is 25.8. The topological polar surface area (TPSA) is 95.6 Å². The lowest BCUT2D eigenvalue weighted by Gasteiger charge is -2.27. The summed E-state index contributed by atoms with van der Waals surface area (Å²) in [7, 11) is -7.61. The Kier molecular flexibility index (Phi) is 10.3. The molecule has 0 bridgehead atoms. The van der Waals surface area contributed by atoms with Gasteiger partial charge in [-0.1, -0.05) is 49.2 Å². The number of hydrogen-bond donors (Lipinski definition) is 2. The standard InChI is InChI=1S/C29H35Cl2N3O4S2/c1-3-13-34(14-4-2)27-17-21-15-23(19-32-39(35,36)28-9-5-25(30)6-10-28)24(16-22(21)18-27)20-33-40(37,38)29-11-7-26(31)8-12-29/h5-12,15-16,27,32-33H,3-4,13-14,17-20H2,1-2H3. The summed E-state index contributed by atoms with van der Waals surface area (Å²) >= 11 is 11.9. The fraction of sp³-hybridized carbons (Fsp3) is 0.379. The lowest BCUT2D eigenvalue weighted by Crippen LogP contribution is -2.37. The van der Waals surface area contributed by atoms with Crippen molar-refractivity contribution in [3.8, 4) is 0 Å². The molecule has 7 nitrogen and oxygen atoms in total. The van der Waals surface area contributed by atoms with Gasteiger partial charge in [-0.3, -0.25) is 4.90 Å². The Morgan fingerprint density at radius 2 is 1.07 bits per heavy atom. The lowest BCUT2D eigenvalue weighted by atomic mass is 10.00. The van der Waals surface area contributed by atoms with Crippen LogP contribution >= 0.6 is 23.2 Å². The number of benzene rings is 3. The SMILES string of the molecule is CCCN(CCC)C1Cc2cc(CNS(=O)(=O)c3ccc(Cl)cc3)c(CNS(=O)(=O)c3ccc(Cl)cc3)cc2C1. The number of nitrogens with one attached hydrogen (secondary N) is 2. The molecule has 0 spiro atoms. The van der Waals surface area contributed by atoms with Crippen molar-refractivity contribution >= 4 is 43.2 Å². The van der Waals surface area contributed by atoms with Crippen molar-refractivity contribution in [3.63, 3.8) is 0 Å². The lowest BCUT2D eigenvalue weighted by molar-refractivity contribution is 0.202. The molecule has 0 unspecified atom stereocenters. The van der Waals surface area contributed by atoms with Crippen LogP contribution in [0, 0.1) is 0 Å². The van der Waals surface area contributed by atoms with E-state index in [4.69, 9.17) is 23.2 Å². The molecule has 1 aliphatic rings. The summed E-state index contributed by atoms with van der Waals surface area (Å²) < 4.78 is 57.3. The van der Waals surface area contributed by atoms with Gasteiger partial charge >= 0.3 is 0 Å². The molecule has 4 rings (SSSR count). The van der Waals surface area contributed by atoms with Gasteiger partial charge in [0.25, 0.3) is 0 Å². The number of sulfonamides is 2. The average Bonchev–Trinajstić information content (AvgIpc) is 3.34. The Bertz CT molecular complexity index is 1410. The van der Waals surface area contributed by atoms with Crippen molar-refractivity contribution in [2.45, 2.75) is 68.5 Å². The third kappa shape index (κ3) is 7.64. The zero-order valence-electron chi connectivity index (χ0n) is 22.7. The van der Waals surface area contributed by atoms with Gasteiger partial charge in [0.15, 0.2) is 0 Å². The molecule has 0 fully saturated rings. The number of fused-ring (bicyclic) bond motifs is 1. The van der Waals surface area contributed by atoms with E-state index < -0.39 is 20.0 Å². The molecule has 0 saturated carbocycles. The van der Waals surface area contributed by atoms with Crippen LogP contribution in [0.2, 0.25) is 10.0 Å². The molecule has 0 atom stereocenters. The number of hydrogen-bond acceptors (Lipinski definition) is 5. The van der Waals surface area contributed by atoms with E-state index >= 15 is 0 Å². The summed E-state index contributed by atoms with van der Waals surface area (Å²) in [5.74, 6) is 0. The molecule has 3 aromatic rings. The molecule has 2 N–H and O–H groups in total. The van der Waals surface area contributed by atoms with Gasteiger partial charge in [-0.2, -0.15) is 0 Å². The van der Waals surface area contributed by atoms with Crippen LogP contribution in [0.1, 0.15) is 48.9 Å². The minimum Gasteiger partial charge on any atom is -0.300 e. The first-order valence-corrected chi connectivity index (χ1v) is 17.1. The Morgan fingerprint density at radius 3 is 1.43 bits per heavy atom. The van der Waals surface area contributed by atoms with Gasteiger partial charge in [0.05, 0.1) is 9.79 Å². The van der Waals surface area contributed by atoms with Gasteiger partial charge in [-0.25, -0.2) is 26.3 Å². The third-order valence-electron chi connectivity index (χ3n) is 7.12. The van der Waals surface area contributed by atoms with Crippen molar-refractivity contribution in [2.75, 3.05) is 13.1 Å². The summed E-state index contributed by atoms with van der Waals surface area (Å²) in [5.41, 5.74) is 3.81. The second kappa shape index (κ2) is 13.3.